The molecule has 2 saturated carbocycles. The van der Waals surface area contributed by atoms with Crippen molar-refractivity contribution in [2.24, 2.45) is 11.8 Å². The van der Waals surface area contributed by atoms with E-state index < -0.39 is 28.3 Å². The molecule has 50 heavy (non-hydrogen) atoms. The van der Waals surface area contributed by atoms with Crippen molar-refractivity contribution in [1.82, 2.24) is 0 Å². The zero-order chi connectivity index (χ0) is 35.1. The van der Waals surface area contributed by atoms with Gasteiger partial charge in [0.2, 0.25) is 0 Å². The molecule has 4 aromatic rings. The average Bonchev–Trinajstić information content (AvgIpc) is 4.00. The maximum atomic E-state index is 2.88. The summed E-state index contributed by atoms with van der Waals surface area (Å²) < 4.78 is 7.10. The average molecular weight is 752 g/mol. The predicted molar refractivity (Wildman–Crippen MR) is 215 cm³/mol. The van der Waals surface area contributed by atoms with Gasteiger partial charge < -0.3 is 0 Å². The summed E-state index contributed by atoms with van der Waals surface area (Å²) >= 11 is -3.05. The number of allylic oxidation sites excluding steroid dienone is 2. The molecular formula is C48H56SiZr. The fourth-order valence-corrected chi connectivity index (χ4v) is 27.4. The van der Waals surface area contributed by atoms with Gasteiger partial charge in [-0.05, 0) is 0 Å². The van der Waals surface area contributed by atoms with Crippen LogP contribution >= 0.6 is 0 Å². The number of fused-ring (bicyclic) bond motifs is 8. The molecule has 9 rings (SSSR count). The third-order valence-electron chi connectivity index (χ3n) is 13.4. The van der Waals surface area contributed by atoms with Crippen molar-refractivity contribution in [1.29, 1.82) is 0 Å². The minimum atomic E-state index is -3.05. The second-order valence-corrected chi connectivity index (χ2v) is 35.8. The Morgan fingerprint density at radius 1 is 0.520 bits per heavy atom. The van der Waals surface area contributed by atoms with Gasteiger partial charge in [0.1, 0.15) is 0 Å². The van der Waals surface area contributed by atoms with Gasteiger partial charge in [0.25, 0.3) is 0 Å². The van der Waals surface area contributed by atoms with Crippen LogP contribution in [-0.2, 0) is 31.1 Å². The molecule has 2 unspecified atom stereocenters. The SMILES string of the molecule is CC(C)(C)c1ccc(-c2cccc3c2C2=C(C4CC4)[CH]3[Zr]([CH3])([CH3])[CH]3C(C4CC4)=C(c4c(-c5ccc(C(C)(C)C)cc5)cccc43)[Si]2(C)C)cc1. The number of benzene rings is 4. The first-order valence-corrected chi connectivity index (χ1v) is 30.3. The van der Waals surface area contributed by atoms with Gasteiger partial charge in [-0.3, -0.25) is 0 Å². The van der Waals surface area contributed by atoms with Gasteiger partial charge in [-0.2, -0.15) is 0 Å². The Bertz CT molecular complexity index is 1970. The van der Waals surface area contributed by atoms with Crippen LogP contribution in [0.2, 0.25) is 22.4 Å². The van der Waals surface area contributed by atoms with Crippen molar-refractivity contribution < 1.29 is 20.3 Å². The maximum absolute atomic E-state index is 3.05. The fourth-order valence-electron chi connectivity index (χ4n) is 10.8. The Labute approximate surface area is 307 Å². The van der Waals surface area contributed by atoms with Crippen LogP contribution in [0.1, 0.15) is 108 Å². The monoisotopic (exact) mass is 750 g/mol. The van der Waals surface area contributed by atoms with E-state index in [2.05, 4.69) is 149 Å². The summed E-state index contributed by atoms with van der Waals surface area (Å²) in [7, 11) is -2.20. The van der Waals surface area contributed by atoms with Gasteiger partial charge in [-0.15, -0.1) is 0 Å². The first-order valence-electron chi connectivity index (χ1n) is 19.6. The summed E-state index contributed by atoms with van der Waals surface area (Å²) in [5.41, 5.74) is 19.6. The molecule has 1 aliphatic heterocycles. The summed E-state index contributed by atoms with van der Waals surface area (Å²) in [4.78, 5) is 0. The molecule has 0 N–H and O–H groups in total. The van der Waals surface area contributed by atoms with E-state index in [4.69, 9.17) is 0 Å². The molecular weight excluding hydrogens is 696 g/mol. The second kappa shape index (κ2) is 11.0. The van der Waals surface area contributed by atoms with Crippen molar-refractivity contribution in [3.05, 3.63) is 129 Å². The first-order chi connectivity index (χ1) is 23.6. The fraction of sp³-hybridized carbons (Fsp3) is 0.417. The van der Waals surface area contributed by atoms with Gasteiger partial charge in [0.05, 0.1) is 0 Å². The molecule has 5 aliphatic rings. The molecule has 2 heteroatoms. The summed E-state index contributed by atoms with van der Waals surface area (Å²) in [6.07, 6.45) is 5.57. The van der Waals surface area contributed by atoms with Crippen LogP contribution in [0.3, 0.4) is 0 Å². The normalized spacial score (nSPS) is 23.5. The Balaban J connectivity index is 1.32. The molecule has 2 atom stereocenters. The van der Waals surface area contributed by atoms with Crippen LogP contribution in [0, 0.1) is 11.8 Å². The zero-order valence-electron chi connectivity index (χ0n) is 32.2. The van der Waals surface area contributed by atoms with Crippen LogP contribution in [0.5, 0.6) is 0 Å². The van der Waals surface area contributed by atoms with E-state index in [1.165, 1.54) is 59.1 Å². The quantitative estimate of drug-likeness (QED) is 0.182. The predicted octanol–water partition coefficient (Wildman–Crippen LogP) is 13.8. The Morgan fingerprint density at radius 2 is 0.880 bits per heavy atom. The summed E-state index contributed by atoms with van der Waals surface area (Å²) in [5.74, 6) is 1.58. The van der Waals surface area contributed by atoms with Crippen molar-refractivity contribution in [3.63, 3.8) is 0 Å². The van der Waals surface area contributed by atoms with Gasteiger partial charge in [0.15, 0.2) is 0 Å². The van der Waals surface area contributed by atoms with E-state index in [1.54, 1.807) is 22.3 Å². The van der Waals surface area contributed by atoms with Crippen molar-refractivity contribution in [2.75, 3.05) is 0 Å². The second-order valence-electron chi connectivity index (χ2n) is 19.7. The van der Waals surface area contributed by atoms with Gasteiger partial charge >= 0.3 is 310 Å². The van der Waals surface area contributed by atoms with E-state index in [-0.39, 0.29) is 10.8 Å². The van der Waals surface area contributed by atoms with Crippen molar-refractivity contribution in [2.45, 2.75) is 108 Å². The van der Waals surface area contributed by atoms with Crippen LogP contribution < -0.4 is 0 Å². The van der Waals surface area contributed by atoms with Crippen LogP contribution in [0.15, 0.2) is 96.1 Å². The standard InChI is InChI=1S/C46H50Si.2CH3.Zr/c1-45(2,3)35-23-19-29(20-24-35)37-13-9-11-33-27-39(31-15-16-31)43(41(33)37)47(7,8)44-40(32-17-18-32)28-34-12-10-14-38(42(34)44)30-21-25-36(26-22-30)46(4,5)6;;;/h9-14,19-28,31-32H,15-18H2,1-8H3;2*1H3;. The molecule has 4 aliphatic carbocycles. The summed E-state index contributed by atoms with van der Waals surface area (Å²) in [6, 6.07) is 34.4. The molecule has 0 amide bonds. The van der Waals surface area contributed by atoms with Crippen molar-refractivity contribution in [3.8, 4) is 22.3 Å². The molecule has 4 aromatic carbocycles. The molecule has 4 bridgehead atoms. The molecule has 0 radical (unpaired) electrons. The first kappa shape index (κ1) is 33.3. The van der Waals surface area contributed by atoms with E-state index in [0.717, 1.165) is 11.8 Å². The van der Waals surface area contributed by atoms with Crippen molar-refractivity contribution >= 4 is 18.5 Å². The number of rotatable bonds is 4. The van der Waals surface area contributed by atoms with E-state index >= 15 is 0 Å². The molecule has 0 saturated heterocycles. The van der Waals surface area contributed by atoms with Crippen LogP contribution in [0.25, 0.3) is 32.6 Å². The Hall–Kier alpha value is -2.54. The molecule has 2 fully saturated rings. The number of hydrogen-bond donors (Lipinski definition) is 0. The van der Waals surface area contributed by atoms with Crippen LogP contribution in [0.4, 0.5) is 0 Å². The molecule has 0 nitrogen and oxygen atoms in total. The van der Waals surface area contributed by atoms with E-state index in [0.29, 0.717) is 7.25 Å². The third-order valence-corrected chi connectivity index (χ3v) is 27.4. The molecule has 256 valence electrons. The minimum absolute atomic E-state index is 0.154. The topological polar surface area (TPSA) is 0 Å². The van der Waals surface area contributed by atoms with Crippen LogP contribution in [-0.4, -0.2) is 8.07 Å². The van der Waals surface area contributed by atoms with Gasteiger partial charge in [0, 0.05) is 0 Å². The summed E-state index contributed by atoms with van der Waals surface area (Å²) in [5, 5.41) is 3.72. The molecule has 1 heterocycles. The van der Waals surface area contributed by atoms with E-state index in [9.17, 15) is 0 Å². The Kier molecular flexibility index (Phi) is 7.32. The summed E-state index contributed by atoms with van der Waals surface area (Å²) in [6.45, 7) is 19.6. The third kappa shape index (κ3) is 4.90. The number of hydrogen-bond acceptors (Lipinski definition) is 0. The zero-order valence-corrected chi connectivity index (χ0v) is 35.7. The van der Waals surface area contributed by atoms with E-state index in [1.807, 2.05) is 21.5 Å². The van der Waals surface area contributed by atoms with Gasteiger partial charge in [-0.25, -0.2) is 0 Å². The molecule has 0 spiro atoms. The Morgan fingerprint density at radius 3 is 1.20 bits per heavy atom. The molecule has 0 aromatic heterocycles. The van der Waals surface area contributed by atoms with Gasteiger partial charge in [-0.1, -0.05) is 0 Å².